The lowest BCUT2D eigenvalue weighted by Crippen LogP contribution is -2.21. The van der Waals surface area contributed by atoms with Gasteiger partial charge < -0.3 is 10.0 Å². The number of aliphatic hydroxyl groups is 1. The Morgan fingerprint density at radius 2 is 2.14 bits per heavy atom. The molecule has 0 spiro atoms. The van der Waals surface area contributed by atoms with E-state index in [1.165, 1.54) is 0 Å². The maximum absolute atomic E-state index is 9.40. The van der Waals surface area contributed by atoms with Crippen molar-refractivity contribution in [3.05, 3.63) is 43.0 Å². The maximum Gasteiger partial charge on any atom is 0.132 e. The third kappa shape index (κ3) is 2.91. The number of H-pyrrole nitrogens is 1. The molecule has 1 aliphatic heterocycles. The molecule has 1 atom stereocenters. The molecule has 1 fully saturated rings. The van der Waals surface area contributed by atoms with Crippen molar-refractivity contribution < 1.29 is 5.11 Å². The van der Waals surface area contributed by atoms with Crippen LogP contribution in [0.4, 0.5) is 5.82 Å². The summed E-state index contributed by atoms with van der Waals surface area (Å²) >= 11 is 0. The average molecular weight is 375 g/mol. The number of hydrogen-bond donors (Lipinski definition) is 2. The fourth-order valence-corrected chi connectivity index (χ4v) is 3.80. The summed E-state index contributed by atoms with van der Waals surface area (Å²) in [5.74, 6) is 1.19. The van der Waals surface area contributed by atoms with Gasteiger partial charge in [0.05, 0.1) is 17.4 Å². The highest BCUT2D eigenvalue weighted by atomic mass is 16.3. The third-order valence-corrected chi connectivity index (χ3v) is 5.36. The first-order valence-corrected chi connectivity index (χ1v) is 9.36. The molecule has 0 aliphatic carbocycles. The highest BCUT2D eigenvalue weighted by Crippen LogP contribution is 2.31. The zero-order valence-electron chi connectivity index (χ0n) is 15.6. The Labute approximate surface area is 161 Å². The topological polar surface area (TPSA) is 95.8 Å². The van der Waals surface area contributed by atoms with E-state index in [9.17, 15) is 5.11 Å². The molecule has 4 aromatic rings. The van der Waals surface area contributed by atoms with Crippen LogP contribution in [-0.2, 0) is 7.05 Å². The largest absolute Gasteiger partial charge is 0.396 e. The summed E-state index contributed by atoms with van der Waals surface area (Å²) in [4.78, 5) is 11.1. The number of aromatic amines is 1. The van der Waals surface area contributed by atoms with Gasteiger partial charge in [0.1, 0.15) is 17.8 Å². The number of aliphatic hydroxyl groups excluding tert-OH is 1. The van der Waals surface area contributed by atoms with Gasteiger partial charge in [0.25, 0.3) is 0 Å². The van der Waals surface area contributed by atoms with E-state index >= 15 is 0 Å². The van der Waals surface area contributed by atoms with E-state index in [0.29, 0.717) is 5.92 Å². The van der Waals surface area contributed by atoms with Gasteiger partial charge in [-0.25, -0.2) is 9.97 Å². The number of nitrogens with one attached hydrogen (secondary N) is 1. The standard InChI is InChI=1S/C20H21N7O/c1-26-10-15(8-23-26)14-2-3-17-16(6-14)20(25-24-17)18-7-19(22-12-21-18)27-5-4-13(9-27)11-28/h2-3,6-8,10,12-13,28H,4-5,9,11H2,1H3,(H,24,25)/t13-/m0/s1. The second-order valence-electron chi connectivity index (χ2n) is 7.28. The van der Waals surface area contributed by atoms with Crippen molar-refractivity contribution in [3.63, 3.8) is 0 Å². The minimum absolute atomic E-state index is 0.218. The molecule has 8 heteroatoms. The lowest BCUT2D eigenvalue weighted by molar-refractivity contribution is 0.238. The summed E-state index contributed by atoms with van der Waals surface area (Å²) in [6.07, 6.45) is 6.42. The van der Waals surface area contributed by atoms with E-state index in [0.717, 1.165) is 58.7 Å². The third-order valence-electron chi connectivity index (χ3n) is 5.36. The zero-order chi connectivity index (χ0) is 19.1. The van der Waals surface area contributed by atoms with Crippen molar-refractivity contribution in [3.8, 4) is 22.5 Å². The summed E-state index contributed by atoms with van der Waals surface area (Å²) in [5.41, 5.74) is 4.70. The van der Waals surface area contributed by atoms with Gasteiger partial charge >= 0.3 is 0 Å². The van der Waals surface area contributed by atoms with Crippen LogP contribution in [0.3, 0.4) is 0 Å². The molecule has 1 aromatic carbocycles. The van der Waals surface area contributed by atoms with Gasteiger partial charge in [0, 0.05) is 55.9 Å². The molecule has 1 aliphatic rings. The van der Waals surface area contributed by atoms with Gasteiger partial charge in [-0.15, -0.1) is 0 Å². The molecule has 0 bridgehead atoms. The number of rotatable bonds is 4. The van der Waals surface area contributed by atoms with Crippen molar-refractivity contribution >= 4 is 16.7 Å². The Morgan fingerprint density at radius 1 is 1.21 bits per heavy atom. The molecule has 0 saturated carbocycles. The molecule has 1 saturated heterocycles. The maximum atomic E-state index is 9.40. The fourth-order valence-electron chi connectivity index (χ4n) is 3.80. The number of nitrogens with zero attached hydrogens (tertiary/aromatic N) is 6. The van der Waals surface area contributed by atoms with Crippen LogP contribution in [0.1, 0.15) is 6.42 Å². The Morgan fingerprint density at radius 3 is 2.93 bits per heavy atom. The van der Waals surface area contributed by atoms with E-state index in [1.807, 2.05) is 31.6 Å². The Hall–Kier alpha value is -3.26. The van der Waals surface area contributed by atoms with Crippen LogP contribution >= 0.6 is 0 Å². The smallest absolute Gasteiger partial charge is 0.132 e. The van der Waals surface area contributed by atoms with Crippen LogP contribution in [0.15, 0.2) is 43.0 Å². The number of aryl methyl sites for hydroxylation is 1. The molecule has 0 unspecified atom stereocenters. The monoisotopic (exact) mass is 375 g/mol. The van der Waals surface area contributed by atoms with Gasteiger partial charge in [-0.05, 0) is 24.1 Å². The zero-order valence-corrected chi connectivity index (χ0v) is 15.6. The predicted octanol–water partition coefficient (Wildman–Crippen LogP) is 2.24. The summed E-state index contributed by atoms with van der Waals surface area (Å²) in [7, 11) is 1.91. The fraction of sp³-hybridized carbons (Fsp3) is 0.300. The average Bonchev–Trinajstić information content (AvgIpc) is 3.46. The first-order valence-electron chi connectivity index (χ1n) is 9.36. The summed E-state index contributed by atoms with van der Waals surface area (Å²) in [5, 5.41) is 22.3. The molecule has 4 heterocycles. The van der Waals surface area contributed by atoms with Crippen molar-refractivity contribution in [2.24, 2.45) is 13.0 Å². The number of aromatic nitrogens is 6. The van der Waals surface area contributed by atoms with Gasteiger partial charge in [-0.1, -0.05) is 6.07 Å². The van der Waals surface area contributed by atoms with Crippen molar-refractivity contribution in [2.75, 3.05) is 24.6 Å². The van der Waals surface area contributed by atoms with Crippen molar-refractivity contribution in [1.29, 1.82) is 0 Å². The van der Waals surface area contributed by atoms with E-state index in [4.69, 9.17) is 0 Å². The van der Waals surface area contributed by atoms with Crippen LogP contribution in [0.5, 0.6) is 0 Å². The Kier molecular flexibility index (Phi) is 4.05. The van der Waals surface area contributed by atoms with Crippen LogP contribution < -0.4 is 4.90 Å². The highest BCUT2D eigenvalue weighted by Gasteiger charge is 2.23. The second kappa shape index (κ2) is 6.72. The van der Waals surface area contributed by atoms with Crippen LogP contribution in [-0.4, -0.2) is 54.7 Å². The molecule has 0 amide bonds. The number of fused-ring (bicyclic) bond motifs is 1. The lowest BCUT2D eigenvalue weighted by atomic mass is 10.1. The molecule has 2 N–H and O–H groups in total. The minimum atomic E-state index is 0.218. The molecule has 142 valence electrons. The quantitative estimate of drug-likeness (QED) is 0.568. The SMILES string of the molecule is Cn1cc(-c2ccc3[nH]nc(-c4cc(N5CC[C@H](CO)C5)ncn4)c3c2)cn1. The molecular formula is C20H21N7O. The highest BCUT2D eigenvalue weighted by molar-refractivity contribution is 5.95. The summed E-state index contributed by atoms with van der Waals surface area (Å²) in [6, 6.07) is 8.19. The lowest BCUT2D eigenvalue weighted by Gasteiger charge is -2.17. The summed E-state index contributed by atoms with van der Waals surface area (Å²) < 4.78 is 1.79. The molecule has 3 aromatic heterocycles. The normalized spacial score (nSPS) is 16.9. The van der Waals surface area contributed by atoms with Gasteiger partial charge in [0.2, 0.25) is 0 Å². The summed E-state index contributed by atoms with van der Waals surface area (Å²) in [6.45, 7) is 1.93. The van der Waals surface area contributed by atoms with E-state index in [1.54, 1.807) is 11.0 Å². The molecule has 0 radical (unpaired) electrons. The Balaban J connectivity index is 1.53. The van der Waals surface area contributed by atoms with E-state index in [2.05, 4.69) is 42.3 Å². The number of anilines is 1. The van der Waals surface area contributed by atoms with Gasteiger partial charge in [-0.3, -0.25) is 9.78 Å². The van der Waals surface area contributed by atoms with Crippen LogP contribution in [0, 0.1) is 5.92 Å². The minimum Gasteiger partial charge on any atom is -0.396 e. The van der Waals surface area contributed by atoms with Crippen molar-refractivity contribution in [1.82, 2.24) is 29.9 Å². The molecule has 5 rings (SSSR count). The van der Waals surface area contributed by atoms with Gasteiger partial charge in [-0.2, -0.15) is 10.2 Å². The Bertz CT molecular complexity index is 1130. The number of benzene rings is 1. The van der Waals surface area contributed by atoms with Crippen LogP contribution in [0.25, 0.3) is 33.4 Å². The molecule has 28 heavy (non-hydrogen) atoms. The van der Waals surface area contributed by atoms with E-state index in [-0.39, 0.29) is 6.61 Å². The predicted molar refractivity (Wildman–Crippen MR) is 107 cm³/mol. The number of hydrogen-bond acceptors (Lipinski definition) is 6. The second-order valence-corrected chi connectivity index (χ2v) is 7.28. The van der Waals surface area contributed by atoms with Crippen molar-refractivity contribution in [2.45, 2.75) is 6.42 Å². The molecular weight excluding hydrogens is 354 g/mol. The first kappa shape index (κ1) is 16.9. The molecule has 8 nitrogen and oxygen atoms in total. The van der Waals surface area contributed by atoms with Crippen LogP contribution in [0.2, 0.25) is 0 Å². The first-order chi connectivity index (χ1) is 13.7. The van der Waals surface area contributed by atoms with E-state index < -0.39 is 0 Å². The van der Waals surface area contributed by atoms with Gasteiger partial charge in [0.15, 0.2) is 0 Å².